The van der Waals surface area contributed by atoms with Crippen LogP contribution in [0.4, 0.5) is 13.2 Å². The SMILES string of the molecule is CC(=NNC(=S)NCc1ccccc1)c1cccc(C(F)(F)F)c1. The fraction of sp³-hybridized carbons (Fsp3) is 0.176. The van der Waals surface area contributed by atoms with Gasteiger partial charge in [0.15, 0.2) is 5.11 Å². The Kier molecular flexibility index (Phi) is 5.92. The average Bonchev–Trinajstić information content (AvgIpc) is 2.58. The largest absolute Gasteiger partial charge is 0.416 e. The number of hydrogen-bond acceptors (Lipinski definition) is 2. The Morgan fingerprint density at radius 3 is 2.46 bits per heavy atom. The highest BCUT2D eigenvalue weighted by Gasteiger charge is 2.30. The predicted octanol–water partition coefficient (Wildman–Crippen LogP) is 4.09. The van der Waals surface area contributed by atoms with E-state index in [9.17, 15) is 13.2 Å². The number of benzene rings is 2. The van der Waals surface area contributed by atoms with Crippen molar-refractivity contribution in [3.8, 4) is 0 Å². The Labute approximate surface area is 143 Å². The van der Waals surface area contributed by atoms with Gasteiger partial charge in [0.25, 0.3) is 0 Å². The number of thiocarbonyl (C=S) groups is 1. The van der Waals surface area contributed by atoms with Gasteiger partial charge in [-0.15, -0.1) is 0 Å². The molecule has 0 amide bonds. The smallest absolute Gasteiger partial charge is 0.357 e. The summed E-state index contributed by atoms with van der Waals surface area (Å²) in [7, 11) is 0. The summed E-state index contributed by atoms with van der Waals surface area (Å²) in [5.74, 6) is 0. The fourth-order valence-corrected chi connectivity index (χ4v) is 2.06. The van der Waals surface area contributed by atoms with Crippen LogP contribution in [0.3, 0.4) is 0 Å². The molecule has 24 heavy (non-hydrogen) atoms. The van der Waals surface area contributed by atoms with Gasteiger partial charge in [-0.05, 0) is 42.4 Å². The molecule has 2 aromatic carbocycles. The molecule has 0 unspecified atom stereocenters. The lowest BCUT2D eigenvalue weighted by molar-refractivity contribution is -0.137. The van der Waals surface area contributed by atoms with Gasteiger partial charge in [-0.2, -0.15) is 18.3 Å². The van der Waals surface area contributed by atoms with E-state index >= 15 is 0 Å². The van der Waals surface area contributed by atoms with Gasteiger partial charge in [0.05, 0.1) is 11.3 Å². The summed E-state index contributed by atoms with van der Waals surface area (Å²) in [4.78, 5) is 0. The lowest BCUT2D eigenvalue weighted by Gasteiger charge is -2.10. The van der Waals surface area contributed by atoms with Crippen molar-refractivity contribution >= 4 is 23.0 Å². The molecular weight excluding hydrogens is 335 g/mol. The third-order valence-corrected chi connectivity index (χ3v) is 3.46. The van der Waals surface area contributed by atoms with E-state index in [0.717, 1.165) is 17.7 Å². The van der Waals surface area contributed by atoms with Crippen molar-refractivity contribution in [2.45, 2.75) is 19.6 Å². The van der Waals surface area contributed by atoms with Gasteiger partial charge in [0.2, 0.25) is 0 Å². The van der Waals surface area contributed by atoms with Crippen LogP contribution in [0, 0.1) is 0 Å². The molecule has 0 radical (unpaired) electrons. The van der Waals surface area contributed by atoms with E-state index in [2.05, 4.69) is 15.8 Å². The number of rotatable bonds is 4. The first-order valence-electron chi connectivity index (χ1n) is 7.16. The van der Waals surface area contributed by atoms with Gasteiger partial charge in [-0.25, -0.2) is 0 Å². The van der Waals surface area contributed by atoms with E-state index in [-0.39, 0.29) is 0 Å². The molecule has 0 aliphatic rings. The molecule has 0 aromatic heterocycles. The monoisotopic (exact) mass is 351 g/mol. The summed E-state index contributed by atoms with van der Waals surface area (Å²) in [5.41, 5.74) is 3.77. The van der Waals surface area contributed by atoms with Crippen molar-refractivity contribution in [1.82, 2.24) is 10.7 Å². The molecule has 126 valence electrons. The van der Waals surface area contributed by atoms with Crippen LogP contribution in [0.25, 0.3) is 0 Å². The molecule has 3 nitrogen and oxygen atoms in total. The van der Waals surface area contributed by atoms with Gasteiger partial charge in [-0.1, -0.05) is 42.5 Å². The standard InChI is InChI=1S/C17H16F3N3S/c1-12(14-8-5-9-15(10-14)17(18,19)20)22-23-16(24)21-11-13-6-3-2-4-7-13/h2-10H,11H2,1H3,(H2,21,23,24). The van der Waals surface area contributed by atoms with Crippen LogP contribution in [-0.4, -0.2) is 10.8 Å². The van der Waals surface area contributed by atoms with E-state index in [0.29, 0.717) is 22.9 Å². The molecule has 2 rings (SSSR count). The summed E-state index contributed by atoms with van der Waals surface area (Å²) < 4.78 is 38.2. The molecule has 0 saturated carbocycles. The molecule has 2 N–H and O–H groups in total. The first-order valence-corrected chi connectivity index (χ1v) is 7.57. The highest BCUT2D eigenvalue weighted by molar-refractivity contribution is 7.80. The normalized spacial score (nSPS) is 11.9. The zero-order valence-electron chi connectivity index (χ0n) is 12.9. The van der Waals surface area contributed by atoms with Crippen molar-refractivity contribution < 1.29 is 13.2 Å². The van der Waals surface area contributed by atoms with Crippen LogP contribution in [0.2, 0.25) is 0 Å². The minimum absolute atomic E-state index is 0.296. The maximum absolute atomic E-state index is 12.7. The average molecular weight is 351 g/mol. The second kappa shape index (κ2) is 7.92. The van der Waals surface area contributed by atoms with E-state index in [1.807, 2.05) is 30.3 Å². The topological polar surface area (TPSA) is 36.4 Å². The summed E-state index contributed by atoms with van der Waals surface area (Å²) in [5, 5.41) is 7.30. The van der Waals surface area contributed by atoms with Gasteiger partial charge in [-0.3, -0.25) is 5.43 Å². The van der Waals surface area contributed by atoms with Crippen molar-refractivity contribution in [3.63, 3.8) is 0 Å². The van der Waals surface area contributed by atoms with Crippen LogP contribution in [0.1, 0.15) is 23.6 Å². The van der Waals surface area contributed by atoms with Crippen molar-refractivity contribution in [3.05, 3.63) is 71.3 Å². The van der Waals surface area contributed by atoms with Crippen molar-refractivity contribution in [2.75, 3.05) is 0 Å². The predicted molar refractivity (Wildman–Crippen MR) is 92.7 cm³/mol. The minimum atomic E-state index is -4.38. The first-order chi connectivity index (χ1) is 11.4. The zero-order chi connectivity index (χ0) is 17.6. The summed E-state index contributed by atoms with van der Waals surface area (Å²) in [6.07, 6.45) is -4.38. The minimum Gasteiger partial charge on any atom is -0.357 e. The highest BCUT2D eigenvalue weighted by Crippen LogP contribution is 2.29. The summed E-state index contributed by atoms with van der Waals surface area (Å²) >= 11 is 5.10. The quantitative estimate of drug-likeness (QED) is 0.495. The number of nitrogens with zero attached hydrogens (tertiary/aromatic N) is 1. The second-order valence-electron chi connectivity index (χ2n) is 5.06. The molecule has 0 fully saturated rings. The van der Waals surface area contributed by atoms with E-state index in [1.54, 1.807) is 13.0 Å². The maximum atomic E-state index is 12.7. The third kappa shape index (κ3) is 5.34. The number of nitrogens with one attached hydrogen (secondary N) is 2. The Morgan fingerprint density at radius 1 is 1.08 bits per heavy atom. The van der Waals surface area contributed by atoms with Crippen LogP contribution in [0.15, 0.2) is 59.7 Å². The number of halogens is 3. The van der Waals surface area contributed by atoms with Gasteiger partial charge in [0, 0.05) is 6.54 Å². The molecule has 0 aliphatic carbocycles. The summed E-state index contributed by atoms with van der Waals surface area (Å²) in [6.45, 7) is 2.15. The molecule has 0 atom stereocenters. The Morgan fingerprint density at radius 2 is 1.79 bits per heavy atom. The van der Waals surface area contributed by atoms with Gasteiger partial charge >= 0.3 is 6.18 Å². The molecule has 0 spiro atoms. The highest BCUT2D eigenvalue weighted by atomic mass is 32.1. The fourth-order valence-electron chi connectivity index (χ4n) is 1.94. The Balaban J connectivity index is 1.95. The molecule has 0 bridgehead atoms. The Bertz CT molecular complexity index is 727. The molecular formula is C17H16F3N3S. The number of hydrazone groups is 1. The van der Waals surface area contributed by atoms with Crippen LogP contribution < -0.4 is 10.7 Å². The van der Waals surface area contributed by atoms with Crippen LogP contribution >= 0.6 is 12.2 Å². The molecule has 0 aliphatic heterocycles. The van der Waals surface area contributed by atoms with Crippen LogP contribution in [0.5, 0.6) is 0 Å². The first kappa shape index (κ1) is 17.9. The molecule has 0 saturated heterocycles. The van der Waals surface area contributed by atoms with Gasteiger partial charge in [0.1, 0.15) is 0 Å². The van der Waals surface area contributed by atoms with Crippen LogP contribution in [-0.2, 0) is 12.7 Å². The van der Waals surface area contributed by atoms with Gasteiger partial charge < -0.3 is 5.32 Å². The number of alkyl halides is 3. The Hall–Kier alpha value is -2.41. The molecule has 7 heteroatoms. The number of hydrogen-bond donors (Lipinski definition) is 2. The third-order valence-electron chi connectivity index (χ3n) is 3.23. The summed E-state index contributed by atoms with van der Waals surface area (Å²) in [6, 6.07) is 14.7. The molecule has 0 heterocycles. The van der Waals surface area contributed by atoms with Crippen molar-refractivity contribution in [2.24, 2.45) is 5.10 Å². The second-order valence-corrected chi connectivity index (χ2v) is 5.46. The van der Waals surface area contributed by atoms with E-state index in [4.69, 9.17) is 12.2 Å². The van der Waals surface area contributed by atoms with E-state index in [1.165, 1.54) is 6.07 Å². The van der Waals surface area contributed by atoms with Crippen molar-refractivity contribution in [1.29, 1.82) is 0 Å². The van der Waals surface area contributed by atoms with E-state index < -0.39 is 11.7 Å². The zero-order valence-corrected chi connectivity index (χ0v) is 13.7. The lowest BCUT2D eigenvalue weighted by Crippen LogP contribution is -2.32. The lowest BCUT2D eigenvalue weighted by atomic mass is 10.1. The maximum Gasteiger partial charge on any atom is 0.416 e. The molecule has 2 aromatic rings.